The molecule has 2 heterocycles. The molecule has 0 atom stereocenters. The highest BCUT2D eigenvalue weighted by atomic mass is 16.3. The van der Waals surface area contributed by atoms with Gasteiger partial charge in [0.1, 0.15) is 5.69 Å². The van der Waals surface area contributed by atoms with Crippen LogP contribution in [0.4, 0.5) is 0 Å². The zero-order chi connectivity index (χ0) is 10.8. The van der Waals surface area contributed by atoms with Crippen molar-refractivity contribution >= 4 is 0 Å². The van der Waals surface area contributed by atoms with E-state index < -0.39 is 0 Å². The molecule has 5 nitrogen and oxygen atoms in total. The first kappa shape index (κ1) is 9.92. The van der Waals surface area contributed by atoms with E-state index in [0.717, 1.165) is 29.1 Å². The molecule has 80 valence electrons. The SMILES string of the molecule is CCc1nn(C)cc1-c1ocnc1CN. The molecule has 0 aliphatic rings. The average molecular weight is 206 g/mol. The zero-order valence-electron chi connectivity index (χ0n) is 8.90. The predicted molar refractivity (Wildman–Crippen MR) is 56.0 cm³/mol. The molecule has 0 unspecified atom stereocenters. The Morgan fingerprint density at radius 1 is 1.47 bits per heavy atom. The lowest BCUT2D eigenvalue weighted by molar-refractivity contribution is 0.570. The van der Waals surface area contributed by atoms with E-state index in [2.05, 4.69) is 17.0 Å². The Bertz CT molecular complexity index is 458. The second kappa shape index (κ2) is 3.86. The third kappa shape index (κ3) is 1.66. The fourth-order valence-electron chi connectivity index (χ4n) is 1.62. The molecule has 0 spiro atoms. The smallest absolute Gasteiger partial charge is 0.181 e. The van der Waals surface area contributed by atoms with Crippen LogP contribution in [0, 0.1) is 0 Å². The molecular formula is C10H14N4O. The summed E-state index contributed by atoms with van der Waals surface area (Å²) in [5, 5.41) is 4.35. The maximum Gasteiger partial charge on any atom is 0.181 e. The average Bonchev–Trinajstić information content (AvgIpc) is 2.82. The first-order chi connectivity index (χ1) is 7.26. The summed E-state index contributed by atoms with van der Waals surface area (Å²) in [6.45, 7) is 2.44. The molecule has 2 rings (SSSR count). The van der Waals surface area contributed by atoms with E-state index in [4.69, 9.17) is 10.2 Å². The van der Waals surface area contributed by atoms with Gasteiger partial charge in [0.15, 0.2) is 12.2 Å². The van der Waals surface area contributed by atoms with Gasteiger partial charge in [-0.1, -0.05) is 6.92 Å². The Balaban J connectivity index is 2.52. The minimum atomic E-state index is 0.379. The van der Waals surface area contributed by atoms with E-state index in [1.807, 2.05) is 13.2 Å². The lowest BCUT2D eigenvalue weighted by atomic mass is 10.1. The summed E-state index contributed by atoms with van der Waals surface area (Å²) < 4.78 is 7.13. The number of aromatic nitrogens is 3. The van der Waals surface area contributed by atoms with E-state index >= 15 is 0 Å². The Morgan fingerprint density at radius 2 is 2.27 bits per heavy atom. The maximum atomic E-state index is 5.58. The molecule has 0 aliphatic heterocycles. The minimum absolute atomic E-state index is 0.379. The molecule has 0 aliphatic carbocycles. The van der Waals surface area contributed by atoms with Gasteiger partial charge in [0.05, 0.1) is 11.3 Å². The van der Waals surface area contributed by atoms with Gasteiger partial charge in [-0.05, 0) is 6.42 Å². The van der Waals surface area contributed by atoms with Crippen LogP contribution < -0.4 is 5.73 Å². The van der Waals surface area contributed by atoms with Crippen LogP contribution in [0.1, 0.15) is 18.3 Å². The number of rotatable bonds is 3. The third-order valence-corrected chi connectivity index (χ3v) is 2.32. The first-order valence-corrected chi connectivity index (χ1v) is 4.91. The molecule has 0 aromatic carbocycles. The largest absolute Gasteiger partial charge is 0.443 e. The number of hydrogen-bond acceptors (Lipinski definition) is 4. The van der Waals surface area contributed by atoms with Crippen LogP contribution in [0.15, 0.2) is 17.0 Å². The number of nitrogens with zero attached hydrogens (tertiary/aromatic N) is 3. The topological polar surface area (TPSA) is 69.9 Å². The standard InChI is InChI=1S/C10H14N4O/c1-3-8-7(5-14(2)13-8)10-9(4-11)12-6-15-10/h5-6H,3-4,11H2,1-2H3. The van der Waals surface area contributed by atoms with Gasteiger partial charge in [-0.15, -0.1) is 0 Å². The highest BCUT2D eigenvalue weighted by molar-refractivity contribution is 5.61. The van der Waals surface area contributed by atoms with Crippen molar-refractivity contribution in [1.29, 1.82) is 0 Å². The van der Waals surface area contributed by atoms with Gasteiger partial charge in [-0.2, -0.15) is 5.10 Å². The Labute approximate surface area is 87.9 Å². The van der Waals surface area contributed by atoms with E-state index in [1.165, 1.54) is 6.39 Å². The molecule has 0 fully saturated rings. The molecule has 2 N–H and O–H groups in total. The molecular weight excluding hydrogens is 192 g/mol. The fraction of sp³-hybridized carbons (Fsp3) is 0.400. The van der Waals surface area contributed by atoms with Gasteiger partial charge in [0.25, 0.3) is 0 Å². The second-order valence-corrected chi connectivity index (χ2v) is 3.35. The highest BCUT2D eigenvalue weighted by Gasteiger charge is 2.15. The van der Waals surface area contributed by atoms with Crippen molar-refractivity contribution in [2.75, 3.05) is 0 Å². The van der Waals surface area contributed by atoms with Crippen molar-refractivity contribution in [2.24, 2.45) is 12.8 Å². The molecule has 0 radical (unpaired) electrons. The van der Waals surface area contributed by atoms with Crippen LogP contribution in [-0.4, -0.2) is 14.8 Å². The first-order valence-electron chi connectivity index (χ1n) is 4.91. The molecule has 2 aromatic rings. The summed E-state index contributed by atoms with van der Waals surface area (Å²) in [7, 11) is 1.89. The van der Waals surface area contributed by atoms with Crippen molar-refractivity contribution < 1.29 is 4.42 Å². The van der Waals surface area contributed by atoms with Crippen LogP contribution in [0.2, 0.25) is 0 Å². The summed E-state index contributed by atoms with van der Waals surface area (Å²) in [5.41, 5.74) is 8.34. The van der Waals surface area contributed by atoms with Gasteiger partial charge >= 0.3 is 0 Å². The Hall–Kier alpha value is -1.62. The van der Waals surface area contributed by atoms with Crippen molar-refractivity contribution in [2.45, 2.75) is 19.9 Å². The Kier molecular flexibility index (Phi) is 2.55. The summed E-state index contributed by atoms with van der Waals surface area (Å²) in [5.74, 6) is 0.738. The molecule has 0 saturated carbocycles. The zero-order valence-corrected chi connectivity index (χ0v) is 8.90. The van der Waals surface area contributed by atoms with Crippen LogP contribution in [-0.2, 0) is 20.0 Å². The summed E-state index contributed by atoms with van der Waals surface area (Å²) in [4.78, 5) is 4.07. The number of nitrogens with two attached hydrogens (primary N) is 1. The van der Waals surface area contributed by atoms with Gasteiger partial charge in [0, 0.05) is 19.8 Å². The molecule has 5 heteroatoms. The fourth-order valence-corrected chi connectivity index (χ4v) is 1.62. The normalized spacial score (nSPS) is 10.9. The van der Waals surface area contributed by atoms with Crippen LogP contribution in [0.5, 0.6) is 0 Å². The summed E-state index contributed by atoms with van der Waals surface area (Å²) in [6.07, 6.45) is 4.21. The predicted octanol–water partition coefficient (Wildman–Crippen LogP) is 1.10. The third-order valence-electron chi connectivity index (χ3n) is 2.32. The molecule has 0 saturated heterocycles. The molecule has 0 amide bonds. The Morgan fingerprint density at radius 3 is 2.93 bits per heavy atom. The number of aryl methyl sites for hydroxylation is 2. The lowest BCUT2D eigenvalue weighted by Crippen LogP contribution is -1.98. The number of hydrogen-bond donors (Lipinski definition) is 1. The number of oxazole rings is 1. The molecule has 0 bridgehead atoms. The monoisotopic (exact) mass is 206 g/mol. The van der Waals surface area contributed by atoms with Crippen LogP contribution >= 0.6 is 0 Å². The highest BCUT2D eigenvalue weighted by Crippen LogP contribution is 2.25. The summed E-state index contributed by atoms with van der Waals surface area (Å²) in [6, 6.07) is 0. The van der Waals surface area contributed by atoms with Crippen LogP contribution in [0.3, 0.4) is 0 Å². The molecule has 15 heavy (non-hydrogen) atoms. The van der Waals surface area contributed by atoms with E-state index in [-0.39, 0.29) is 0 Å². The van der Waals surface area contributed by atoms with Gasteiger partial charge < -0.3 is 10.2 Å². The van der Waals surface area contributed by atoms with Gasteiger partial charge in [0.2, 0.25) is 0 Å². The van der Waals surface area contributed by atoms with E-state index in [9.17, 15) is 0 Å². The molecule has 2 aromatic heterocycles. The minimum Gasteiger partial charge on any atom is -0.443 e. The van der Waals surface area contributed by atoms with E-state index in [0.29, 0.717) is 6.54 Å². The van der Waals surface area contributed by atoms with Gasteiger partial charge in [-0.25, -0.2) is 4.98 Å². The summed E-state index contributed by atoms with van der Waals surface area (Å²) >= 11 is 0. The van der Waals surface area contributed by atoms with Crippen LogP contribution in [0.25, 0.3) is 11.3 Å². The van der Waals surface area contributed by atoms with E-state index in [1.54, 1.807) is 4.68 Å². The quantitative estimate of drug-likeness (QED) is 0.816. The maximum absolute atomic E-state index is 5.58. The van der Waals surface area contributed by atoms with Crippen molar-refractivity contribution in [3.8, 4) is 11.3 Å². The second-order valence-electron chi connectivity index (χ2n) is 3.35. The van der Waals surface area contributed by atoms with Crippen molar-refractivity contribution in [3.05, 3.63) is 24.0 Å². The van der Waals surface area contributed by atoms with Crippen molar-refractivity contribution in [3.63, 3.8) is 0 Å². The van der Waals surface area contributed by atoms with Crippen molar-refractivity contribution in [1.82, 2.24) is 14.8 Å². The van der Waals surface area contributed by atoms with Gasteiger partial charge in [-0.3, -0.25) is 4.68 Å². The lowest BCUT2D eigenvalue weighted by Gasteiger charge is -1.97.